The van der Waals surface area contributed by atoms with Gasteiger partial charge in [-0.3, -0.25) is 9.69 Å². The molecule has 1 aromatic heterocycles. The third kappa shape index (κ3) is 5.07. The SMILES string of the molecule is Cc1ccc(-c2noc(CN3CCC(C(=O)Nc4ccc(I)cc4C)CC3)n2)cc1. The zero-order valence-electron chi connectivity index (χ0n) is 17.2. The number of rotatable bonds is 5. The quantitative estimate of drug-likeness (QED) is 0.493. The molecule has 0 unspecified atom stereocenters. The van der Waals surface area contributed by atoms with Gasteiger partial charge < -0.3 is 9.84 Å². The third-order valence-corrected chi connectivity index (χ3v) is 6.21. The topological polar surface area (TPSA) is 71.3 Å². The summed E-state index contributed by atoms with van der Waals surface area (Å²) in [7, 11) is 0. The molecule has 0 radical (unpaired) electrons. The molecule has 7 heteroatoms. The van der Waals surface area contributed by atoms with E-state index < -0.39 is 0 Å². The number of carbonyl (C=O) groups is 1. The first-order chi connectivity index (χ1) is 14.5. The first-order valence-corrected chi connectivity index (χ1v) is 11.2. The molecule has 0 saturated carbocycles. The number of aryl methyl sites for hydroxylation is 2. The predicted octanol–water partition coefficient (Wildman–Crippen LogP) is 4.81. The number of piperidine rings is 1. The van der Waals surface area contributed by atoms with Crippen LogP contribution in [0.2, 0.25) is 0 Å². The number of halogens is 1. The molecule has 1 amide bonds. The largest absolute Gasteiger partial charge is 0.338 e. The van der Waals surface area contributed by atoms with Crippen LogP contribution in [-0.2, 0) is 11.3 Å². The molecule has 3 aromatic rings. The van der Waals surface area contributed by atoms with Crippen molar-refractivity contribution in [1.82, 2.24) is 15.0 Å². The van der Waals surface area contributed by atoms with Crippen LogP contribution in [0.5, 0.6) is 0 Å². The Kier molecular flexibility index (Phi) is 6.48. The highest BCUT2D eigenvalue weighted by atomic mass is 127. The van der Waals surface area contributed by atoms with Gasteiger partial charge in [-0.05, 0) is 86.1 Å². The number of anilines is 1. The Balaban J connectivity index is 1.29. The molecule has 1 aliphatic rings. The van der Waals surface area contributed by atoms with Gasteiger partial charge in [0.2, 0.25) is 17.6 Å². The summed E-state index contributed by atoms with van der Waals surface area (Å²) < 4.78 is 6.61. The van der Waals surface area contributed by atoms with Crippen LogP contribution in [0.15, 0.2) is 47.0 Å². The number of aromatic nitrogens is 2. The normalized spacial score (nSPS) is 15.3. The Morgan fingerprint density at radius 3 is 2.60 bits per heavy atom. The number of nitrogens with zero attached hydrogens (tertiary/aromatic N) is 3. The molecule has 0 atom stereocenters. The highest BCUT2D eigenvalue weighted by Crippen LogP contribution is 2.24. The van der Waals surface area contributed by atoms with E-state index >= 15 is 0 Å². The van der Waals surface area contributed by atoms with Gasteiger partial charge in [0.1, 0.15) is 0 Å². The fraction of sp³-hybridized carbons (Fsp3) is 0.348. The smallest absolute Gasteiger partial charge is 0.241 e. The first-order valence-electron chi connectivity index (χ1n) is 10.2. The monoisotopic (exact) mass is 516 g/mol. The summed E-state index contributed by atoms with van der Waals surface area (Å²) in [4.78, 5) is 19.5. The van der Waals surface area contributed by atoms with Crippen molar-refractivity contribution in [3.8, 4) is 11.4 Å². The third-order valence-electron chi connectivity index (χ3n) is 5.54. The molecule has 1 saturated heterocycles. The average Bonchev–Trinajstić information content (AvgIpc) is 3.19. The maximum Gasteiger partial charge on any atom is 0.241 e. The highest BCUT2D eigenvalue weighted by Gasteiger charge is 2.26. The maximum atomic E-state index is 12.7. The number of likely N-dealkylation sites (tertiary alicyclic amines) is 1. The van der Waals surface area contributed by atoms with E-state index in [4.69, 9.17) is 4.52 Å². The summed E-state index contributed by atoms with van der Waals surface area (Å²) in [5, 5.41) is 7.20. The lowest BCUT2D eigenvalue weighted by atomic mass is 9.95. The Morgan fingerprint density at radius 1 is 1.17 bits per heavy atom. The van der Waals surface area contributed by atoms with Crippen molar-refractivity contribution in [3.63, 3.8) is 0 Å². The fourth-order valence-electron chi connectivity index (χ4n) is 3.69. The van der Waals surface area contributed by atoms with E-state index in [-0.39, 0.29) is 11.8 Å². The van der Waals surface area contributed by atoms with Gasteiger partial charge in [0.05, 0.1) is 6.54 Å². The van der Waals surface area contributed by atoms with Gasteiger partial charge in [0, 0.05) is 20.7 Å². The minimum absolute atomic E-state index is 0.0331. The van der Waals surface area contributed by atoms with Crippen LogP contribution in [-0.4, -0.2) is 34.0 Å². The first kappa shape index (κ1) is 21.0. The Hall–Kier alpha value is -2.26. The number of hydrogen-bond acceptors (Lipinski definition) is 5. The number of carbonyl (C=O) groups excluding carboxylic acids is 1. The lowest BCUT2D eigenvalue weighted by Gasteiger charge is -2.30. The van der Waals surface area contributed by atoms with Crippen molar-refractivity contribution in [1.29, 1.82) is 0 Å². The number of amides is 1. The molecule has 2 heterocycles. The van der Waals surface area contributed by atoms with E-state index in [9.17, 15) is 4.79 Å². The van der Waals surface area contributed by atoms with Gasteiger partial charge in [-0.2, -0.15) is 4.98 Å². The second-order valence-electron chi connectivity index (χ2n) is 7.88. The summed E-state index contributed by atoms with van der Waals surface area (Å²) in [6, 6.07) is 14.2. The highest BCUT2D eigenvalue weighted by molar-refractivity contribution is 14.1. The molecule has 0 spiro atoms. The summed E-state index contributed by atoms with van der Waals surface area (Å²) in [5.41, 5.74) is 4.15. The summed E-state index contributed by atoms with van der Waals surface area (Å²) in [6.07, 6.45) is 1.66. The Labute approximate surface area is 190 Å². The molecular formula is C23H25IN4O2. The molecule has 0 aliphatic carbocycles. The van der Waals surface area contributed by atoms with Crippen LogP contribution in [0, 0.1) is 23.3 Å². The summed E-state index contributed by atoms with van der Waals surface area (Å²) >= 11 is 2.28. The zero-order valence-corrected chi connectivity index (χ0v) is 19.3. The van der Waals surface area contributed by atoms with E-state index in [1.54, 1.807) is 0 Å². The fourth-order valence-corrected chi connectivity index (χ4v) is 4.33. The minimum Gasteiger partial charge on any atom is -0.338 e. The van der Waals surface area contributed by atoms with Crippen molar-refractivity contribution in [3.05, 3.63) is 63.1 Å². The summed E-state index contributed by atoms with van der Waals surface area (Å²) in [6.45, 7) is 6.37. The van der Waals surface area contributed by atoms with Crippen LogP contribution < -0.4 is 5.32 Å². The van der Waals surface area contributed by atoms with Crippen molar-refractivity contribution in [2.24, 2.45) is 5.92 Å². The molecule has 1 fully saturated rings. The van der Waals surface area contributed by atoms with Crippen molar-refractivity contribution in [2.75, 3.05) is 18.4 Å². The predicted molar refractivity (Wildman–Crippen MR) is 125 cm³/mol. The van der Waals surface area contributed by atoms with Crippen LogP contribution in [0.4, 0.5) is 5.69 Å². The molecule has 156 valence electrons. The zero-order chi connectivity index (χ0) is 21.1. The number of benzene rings is 2. The molecule has 2 aromatic carbocycles. The van der Waals surface area contributed by atoms with E-state index in [1.165, 1.54) is 9.13 Å². The van der Waals surface area contributed by atoms with Crippen LogP contribution in [0.25, 0.3) is 11.4 Å². The molecule has 0 bridgehead atoms. The standard InChI is InChI=1S/C23H25IN4O2/c1-15-3-5-17(6-4-15)22-26-21(30-27-22)14-28-11-9-18(10-12-28)23(29)25-20-8-7-19(24)13-16(20)2/h3-8,13,18H,9-12,14H2,1-2H3,(H,25,29). The van der Waals surface area contributed by atoms with Gasteiger partial charge in [-0.15, -0.1) is 0 Å². The van der Waals surface area contributed by atoms with Gasteiger partial charge in [0.15, 0.2) is 0 Å². The van der Waals surface area contributed by atoms with E-state index in [1.807, 2.05) is 43.3 Å². The van der Waals surface area contributed by atoms with Gasteiger partial charge in [0.25, 0.3) is 0 Å². The van der Waals surface area contributed by atoms with Gasteiger partial charge in [-0.25, -0.2) is 0 Å². The van der Waals surface area contributed by atoms with E-state index in [0.29, 0.717) is 18.3 Å². The number of hydrogen-bond donors (Lipinski definition) is 1. The second-order valence-corrected chi connectivity index (χ2v) is 9.12. The molecule has 1 aliphatic heterocycles. The van der Waals surface area contributed by atoms with Crippen molar-refractivity contribution in [2.45, 2.75) is 33.2 Å². The molecule has 4 rings (SSSR count). The lowest BCUT2D eigenvalue weighted by Crippen LogP contribution is -2.37. The molecular weight excluding hydrogens is 491 g/mol. The number of nitrogens with one attached hydrogen (secondary N) is 1. The maximum absolute atomic E-state index is 12.7. The van der Waals surface area contributed by atoms with Crippen LogP contribution >= 0.6 is 22.6 Å². The van der Waals surface area contributed by atoms with E-state index in [0.717, 1.165) is 42.7 Å². The Morgan fingerprint density at radius 2 is 1.90 bits per heavy atom. The Bertz CT molecular complexity index is 1020. The molecule has 1 N–H and O–H groups in total. The average molecular weight is 516 g/mol. The van der Waals surface area contributed by atoms with Gasteiger partial charge in [-0.1, -0.05) is 35.0 Å². The molecule has 6 nitrogen and oxygen atoms in total. The van der Waals surface area contributed by atoms with Crippen LogP contribution in [0.3, 0.4) is 0 Å². The van der Waals surface area contributed by atoms with Gasteiger partial charge >= 0.3 is 0 Å². The summed E-state index contributed by atoms with van der Waals surface area (Å²) in [5.74, 6) is 1.37. The second kappa shape index (κ2) is 9.26. The van der Waals surface area contributed by atoms with Crippen molar-refractivity contribution < 1.29 is 9.32 Å². The van der Waals surface area contributed by atoms with E-state index in [2.05, 4.69) is 55.9 Å². The lowest BCUT2D eigenvalue weighted by molar-refractivity contribution is -0.121. The molecule has 30 heavy (non-hydrogen) atoms. The van der Waals surface area contributed by atoms with Crippen LogP contribution in [0.1, 0.15) is 29.9 Å². The van der Waals surface area contributed by atoms with Crippen molar-refractivity contribution >= 4 is 34.2 Å². The minimum atomic E-state index is 0.0331.